The molecular formula is C13H15F2NO2. The highest BCUT2D eigenvalue weighted by Crippen LogP contribution is 2.20. The molecule has 2 N–H and O–H groups in total. The van der Waals surface area contributed by atoms with Crippen LogP contribution < -0.4 is 5.32 Å². The number of benzene rings is 1. The first-order chi connectivity index (χ1) is 8.56. The summed E-state index contributed by atoms with van der Waals surface area (Å²) in [6.07, 6.45) is 1.65. The summed E-state index contributed by atoms with van der Waals surface area (Å²) in [5, 5.41) is 12.2. The van der Waals surface area contributed by atoms with Crippen LogP contribution in [0.15, 0.2) is 18.2 Å². The zero-order chi connectivity index (χ0) is 13.1. The SMILES string of the molecule is O=C(O)C1CCNC(Cc2ccc(F)c(F)c2)C1. The van der Waals surface area contributed by atoms with Crippen LogP contribution in [0.3, 0.4) is 0 Å². The van der Waals surface area contributed by atoms with E-state index in [0.717, 1.165) is 6.07 Å². The molecule has 0 radical (unpaired) electrons. The number of aliphatic carboxylic acids is 1. The first-order valence-corrected chi connectivity index (χ1v) is 5.96. The van der Waals surface area contributed by atoms with Crippen molar-refractivity contribution in [1.82, 2.24) is 5.32 Å². The van der Waals surface area contributed by atoms with Gasteiger partial charge in [-0.1, -0.05) is 6.07 Å². The molecule has 98 valence electrons. The summed E-state index contributed by atoms with van der Waals surface area (Å²) >= 11 is 0. The van der Waals surface area contributed by atoms with E-state index in [1.807, 2.05) is 0 Å². The van der Waals surface area contributed by atoms with Gasteiger partial charge in [0.15, 0.2) is 11.6 Å². The lowest BCUT2D eigenvalue weighted by Crippen LogP contribution is -2.41. The molecule has 0 saturated carbocycles. The van der Waals surface area contributed by atoms with Gasteiger partial charge in [-0.05, 0) is 43.5 Å². The molecule has 2 atom stereocenters. The standard InChI is InChI=1S/C13H15F2NO2/c14-11-2-1-8(6-12(11)15)5-10-7-9(13(17)18)3-4-16-10/h1-2,6,9-10,16H,3-5,7H2,(H,17,18). The Kier molecular flexibility index (Phi) is 3.91. The van der Waals surface area contributed by atoms with Crippen molar-refractivity contribution in [2.45, 2.75) is 25.3 Å². The van der Waals surface area contributed by atoms with Gasteiger partial charge in [0, 0.05) is 6.04 Å². The Morgan fingerprint density at radius 3 is 2.83 bits per heavy atom. The number of hydrogen-bond acceptors (Lipinski definition) is 2. The van der Waals surface area contributed by atoms with Crippen LogP contribution in [-0.2, 0) is 11.2 Å². The molecule has 0 aromatic heterocycles. The first-order valence-electron chi connectivity index (χ1n) is 5.96. The molecule has 0 amide bonds. The van der Waals surface area contributed by atoms with Crippen molar-refractivity contribution < 1.29 is 18.7 Å². The second-order valence-electron chi connectivity index (χ2n) is 4.66. The zero-order valence-electron chi connectivity index (χ0n) is 9.83. The number of carboxylic acid groups (broad SMARTS) is 1. The third-order valence-electron chi connectivity index (χ3n) is 3.31. The average molecular weight is 255 g/mol. The number of nitrogens with one attached hydrogen (secondary N) is 1. The molecule has 18 heavy (non-hydrogen) atoms. The fourth-order valence-electron chi connectivity index (χ4n) is 2.34. The molecule has 1 fully saturated rings. The molecule has 1 aliphatic heterocycles. The van der Waals surface area contributed by atoms with Gasteiger partial charge in [0.05, 0.1) is 5.92 Å². The van der Waals surface area contributed by atoms with Crippen LogP contribution >= 0.6 is 0 Å². The fraction of sp³-hybridized carbons (Fsp3) is 0.462. The smallest absolute Gasteiger partial charge is 0.306 e. The summed E-state index contributed by atoms with van der Waals surface area (Å²) in [4.78, 5) is 10.9. The zero-order valence-corrected chi connectivity index (χ0v) is 9.83. The lowest BCUT2D eigenvalue weighted by Gasteiger charge is -2.28. The Bertz CT molecular complexity index is 451. The van der Waals surface area contributed by atoms with E-state index in [1.54, 1.807) is 0 Å². The molecule has 1 aliphatic rings. The largest absolute Gasteiger partial charge is 0.481 e. The lowest BCUT2D eigenvalue weighted by molar-refractivity contribution is -0.142. The second kappa shape index (κ2) is 5.44. The predicted octanol–water partition coefficient (Wildman–Crippen LogP) is 1.96. The van der Waals surface area contributed by atoms with Gasteiger partial charge in [0.25, 0.3) is 0 Å². The van der Waals surface area contributed by atoms with Crippen molar-refractivity contribution in [2.75, 3.05) is 6.54 Å². The minimum absolute atomic E-state index is 0.00436. The third-order valence-corrected chi connectivity index (χ3v) is 3.31. The third kappa shape index (κ3) is 3.04. The van der Waals surface area contributed by atoms with Gasteiger partial charge in [0.2, 0.25) is 0 Å². The fourth-order valence-corrected chi connectivity index (χ4v) is 2.34. The molecule has 1 saturated heterocycles. The van der Waals surface area contributed by atoms with E-state index in [1.165, 1.54) is 12.1 Å². The highest BCUT2D eigenvalue weighted by Gasteiger charge is 2.26. The van der Waals surface area contributed by atoms with Crippen LogP contribution in [0.1, 0.15) is 18.4 Å². The van der Waals surface area contributed by atoms with Gasteiger partial charge >= 0.3 is 5.97 Å². The Morgan fingerprint density at radius 1 is 1.39 bits per heavy atom. The van der Waals surface area contributed by atoms with Gasteiger partial charge in [-0.2, -0.15) is 0 Å². The van der Waals surface area contributed by atoms with Crippen LogP contribution in [0.25, 0.3) is 0 Å². The van der Waals surface area contributed by atoms with E-state index >= 15 is 0 Å². The Morgan fingerprint density at radius 2 is 2.17 bits per heavy atom. The highest BCUT2D eigenvalue weighted by atomic mass is 19.2. The first kappa shape index (κ1) is 13.0. The predicted molar refractivity (Wildman–Crippen MR) is 62.2 cm³/mol. The number of piperidine rings is 1. The normalized spacial score (nSPS) is 23.9. The molecule has 2 rings (SSSR count). The Balaban J connectivity index is 2.00. The van der Waals surface area contributed by atoms with Crippen molar-refractivity contribution >= 4 is 5.97 Å². The molecule has 0 aliphatic carbocycles. The van der Waals surface area contributed by atoms with Crippen LogP contribution in [0.5, 0.6) is 0 Å². The van der Waals surface area contributed by atoms with Crippen molar-refractivity contribution in [2.24, 2.45) is 5.92 Å². The maximum absolute atomic E-state index is 13.0. The van der Waals surface area contributed by atoms with E-state index < -0.39 is 17.6 Å². The van der Waals surface area contributed by atoms with Crippen molar-refractivity contribution in [3.63, 3.8) is 0 Å². The van der Waals surface area contributed by atoms with Gasteiger partial charge < -0.3 is 10.4 Å². The minimum atomic E-state index is -0.863. The Labute approximate surface area is 104 Å². The van der Waals surface area contributed by atoms with E-state index in [9.17, 15) is 13.6 Å². The molecule has 1 aromatic rings. The molecular weight excluding hydrogens is 240 g/mol. The minimum Gasteiger partial charge on any atom is -0.481 e. The lowest BCUT2D eigenvalue weighted by atomic mass is 9.89. The summed E-state index contributed by atoms with van der Waals surface area (Å²) in [5.41, 5.74) is 0.678. The molecule has 0 spiro atoms. The van der Waals surface area contributed by atoms with Crippen LogP contribution in [0.4, 0.5) is 8.78 Å². The van der Waals surface area contributed by atoms with Crippen molar-refractivity contribution in [3.05, 3.63) is 35.4 Å². The maximum Gasteiger partial charge on any atom is 0.306 e. The molecule has 3 nitrogen and oxygen atoms in total. The molecule has 2 unspecified atom stereocenters. The number of carboxylic acids is 1. The Hall–Kier alpha value is -1.49. The van der Waals surface area contributed by atoms with Gasteiger partial charge in [-0.25, -0.2) is 8.78 Å². The molecule has 1 heterocycles. The van der Waals surface area contributed by atoms with E-state index in [0.29, 0.717) is 31.4 Å². The monoisotopic (exact) mass is 255 g/mol. The van der Waals surface area contributed by atoms with E-state index in [4.69, 9.17) is 5.11 Å². The van der Waals surface area contributed by atoms with Crippen LogP contribution in [0.2, 0.25) is 0 Å². The summed E-state index contributed by atoms with van der Waals surface area (Å²) in [6.45, 7) is 0.644. The molecule has 1 aromatic carbocycles. The van der Waals surface area contributed by atoms with E-state index in [-0.39, 0.29) is 12.0 Å². The number of halogens is 2. The van der Waals surface area contributed by atoms with Crippen molar-refractivity contribution in [3.8, 4) is 0 Å². The van der Waals surface area contributed by atoms with Gasteiger partial charge in [-0.15, -0.1) is 0 Å². The van der Waals surface area contributed by atoms with Gasteiger partial charge in [0.1, 0.15) is 0 Å². The average Bonchev–Trinajstić information content (AvgIpc) is 2.34. The van der Waals surface area contributed by atoms with Crippen LogP contribution in [-0.4, -0.2) is 23.7 Å². The molecule has 0 bridgehead atoms. The summed E-state index contributed by atoms with van der Waals surface area (Å²) < 4.78 is 25.8. The second-order valence-corrected chi connectivity index (χ2v) is 4.66. The van der Waals surface area contributed by atoms with E-state index in [2.05, 4.69) is 5.32 Å². The summed E-state index contributed by atoms with van der Waals surface area (Å²) in [6, 6.07) is 3.80. The number of hydrogen-bond donors (Lipinski definition) is 2. The topological polar surface area (TPSA) is 49.3 Å². The number of carbonyl (C=O) groups is 1. The summed E-state index contributed by atoms with van der Waals surface area (Å²) in [5.74, 6) is -2.86. The quantitative estimate of drug-likeness (QED) is 0.868. The highest BCUT2D eigenvalue weighted by molar-refractivity contribution is 5.70. The molecule has 5 heteroatoms. The van der Waals surface area contributed by atoms with Crippen molar-refractivity contribution in [1.29, 1.82) is 0 Å². The van der Waals surface area contributed by atoms with Crippen LogP contribution in [0, 0.1) is 17.6 Å². The summed E-state index contributed by atoms with van der Waals surface area (Å²) in [7, 11) is 0. The maximum atomic E-state index is 13.0. The van der Waals surface area contributed by atoms with Gasteiger partial charge in [-0.3, -0.25) is 4.79 Å². The number of rotatable bonds is 3.